The molecule has 0 bridgehead atoms. The number of hydrogen-bond acceptors (Lipinski definition) is 6. The summed E-state index contributed by atoms with van der Waals surface area (Å²) in [5.41, 5.74) is 2.02. The fraction of sp³-hybridized carbons (Fsp3) is 0.591. The van der Waals surface area contributed by atoms with Crippen LogP contribution < -0.4 is 5.48 Å². The number of likely N-dealkylation sites (tertiary alicyclic amines) is 1. The molecule has 0 aromatic carbocycles. The number of rotatable bonds is 8. The summed E-state index contributed by atoms with van der Waals surface area (Å²) in [7, 11) is 0. The number of pyridine rings is 1. The van der Waals surface area contributed by atoms with Gasteiger partial charge >= 0.3 is 0 Å². The van der Waals surface area contributed by atoms with Crippen LogP contribution in [0.4, 0.5) is 0 Å². The molecule has 162 valence electrons. The lowest BCUT2D eigenvalue weighted by Crippen LogP contribution is -2.48. The van der Waals surface area contributed by atoms with Gasteiger partial charge in [-0.15, -0.1) is 0 Å². The second kappa shape index (κ2) is 9.93. The molecule has 8 heteroatoms. The molecule has 2 amide bonds. The molecular weight excluding hydrogens is 386 g/mol. The number of hydroxylamine groups is 1. The van der Waals surface area contributed by atoms with Crippen LogP contribution in [0.15, 0.2) is 24.4 Å². The van der Waals surface area contributed by atoms with Crippen molar-refractivity contribution in [2.24, 2.45) is 11.8 Å². The van der Waals surface area contributed by atoms with E-state index in [0.29, 0.717) is 25.0 Å². The maximum Gasteiger partial charge on any atom is 0.292 e. The number of nitrogens with zero attached hydrogens (tertiary/aromatic N) is 2. The lowest BCUT2D eigenvalue weighted by Gasteiger charge is -2.33. The van der Waals surface area contributed by atoms with E-state index in [1.54, 1.807) is 23.7 Å². The summed E-state index contributed by atoms with van der Waals surface area (Å²) in [4.78, 5) is 57.4. The van der Waals surface area contributed by atoms with Crippen molar-refractivity contribution in [2.45, 2.75) is 70.4 Å². The molecule has 1 aliphatic carbocycles. The number of amides is 2. The van der Waals surface area contributed by atoms with E-state index in [2.05, 4.69) is 4.98 Å². The Morgan fingerprint density at radius 3 is 2.57 bits per heavy atom. The Morgan fingerprint density at radius 2 is 1.97 bits per heavy atom. The maximum absolute atomic E-state index is 13.4. The average molecular weight is 415 g/mol. The van der Waals surface area contributed by atoms with E-state index in [-0.39, 0.29) is 18.1 Å². The lowest BCUT2D eigenvalue weighted by molar-refractivity contribution is -0.147. The number of aromatic nitrogens is 1. The molecule has 1 aliphatic heterocycles. The van der Waals surface area contributed by atoms with Gasteiger partial charge in [-0.25, -0.2) is 5.48 Å². The zero-order valence-electron chi connectivity index (χ0n) is 17.3. The molecule has 3 rings (SSSR count). The van der Waals surface area contributed by atoms with Gasteiger partial charge in [0.25, 0.3) is 11.8 Å². The highest BCUT2D eigenvalue weighted by Gasteiger charge is 2.56. The molecule has 2 N–H and O–H groups in total. The van der Waals surface area contributed by atoms with Gasteiger partial charge in [0.2, 0.25) is 5.78 Å². The summed E-state index contributed by atoms with van der Waals surface area (Å²) in [5, 5.41) is 9.25. The van der Waals surface area contributed by atoms with E-state index in [0.717, 1.165) is 25.7 Å². The summed E-state index contributed by atoms with van der Waals surface area (Å²) >= 11 is 0. The van der Waals surface area contributed by atoms with Crippen LogP contribution in [-0.4, -0.2) is 44.5 Å². The van der Waals surface area contributed by atoms with Gasteiger partial charge in [0, 0.05) is 12.1 Å². The van der Waals surface area contributed by atoms with Crippen LogP contribution in [0.1, 0.15) is 70.0 Å². The van der Waals surface area contributed by atoms with Crippen LogP contribution >= 0.6 is 0 Å². The fourth-order valence-corrected chi connectivity index (χ4v) is 4.68. The number of hydrogen-bond donors (Lipinski definition) is 2. The van der Waals surface area contributed by atoms with Crippen molar-refractivity contribution in [1.82, 2.24) is 15.4 Å². The third-order valence-corrected chi connectivity index (χ3v) is 6.23. The molecule has 1 saturated heterocycles. The number of carbonyl (C=O) groups excluding carboxylic acids is 4. The SMILES string of the molecule is CCCCC(C(=O)NO)N1C(=O)C(=O)C(C(=O)C2CCCCC2)C1c1ccccn1. The predicted molar refractivity (Wildman–Crippen MR) is 107 cm³/mol. The van der Waals surface area contributed by atoms with Crippen molar-refractivity contribution in [1.29, 1.82) is 0 Å². The van der Waals surface area contributed by atoms with Crippen molar-refractivity contribution in [2.75, 3.05) is 0 Å². The normalized spacial score (nSPS) is 23.5. The largest absolute Gasteiger partial charge is 0.314 e. The molecule has 0 radical (unpaired) electrons. The highest BCUT2D eigenvalue weighted by molar-refractivity contribution is 6.43. The molecule has 30 heavy (non-hydrogen) atoms. The Bertz CT molecular complexity index is 791. The zero-order chi connectivity index (χ0) is 21.7. The van der Waals surface area contributed by atoms with Gasteiger partial charge in [0.15, 0.2) is 0 Å². The second-order valence-corrected chi connectivity index (χ2v) is 8.13. The molecular formula is C22H29N3O5. The summed E-state index contributed by atoms with van der Waals surface area (Å²) in [5.74, 6) is -4.07. The molecule has 3 atom stereocenters. The molecule has 1 aromatic heterocycles. The van der Waals surface area contributed by atoms with Crippen LogP contribution in [0, 0.1) is 11.8 Å². The van der Waals surface area contributed by atoms with Gasteiger partial charge in [-0.2, -0.15) is 0 Å². The van der Waals surface area contributed by atoms with Crippen molar-refractivity contribution >= 4 is 23.4 Å². The van der Waals surface area contributed by atoms with Gasteiger partial charge in [-0.05, 0) is 31.4 Å². The zero-order valence-corrected chi connectivity index (χ0v) is 17.3. The minimum Gasteiger partial charge on any atom is -0.314 e. The van der Waals surface area contributed by atoms with Gasteiger partial charge in [-0.3, -0.25) is 29.4 Å². The first-order chi connectivity index (χ1) is 14.5. The first kappa shape index (κ1) is 22.1. The van der Waals surface area contributed by atoms with E-state index >= 15 is 0 Å². The Morgan fingerprint density at radius 1 is 1.23 bits per heavy atom. The van der Waals surface area contributed by atoms with Crippen molar-refractivity contribution < 1.29 is 24.4 Å². The number of ketones is 2. The fourth-order valence-electron chi connectivity index (χ4n) is 4.68. The van der Waals surface area contributed by atoms with Crippen molar-refractivity contribution in [3.05, 3.63) is 30.1 Å². The molecule has 0 spiro atoms. The summed E-state index contributed by atoms with van der Waals surface area (Å²) < 4.78 is 0. The number of unbranched alkanes of at least 4 members (excludes halogenated alkanes) is 1. The first-order valence-electron chi connectivity index (χ1n) is 10.8. The number of carbonyl (C=O) groups is 4. The lowest BCUT2D eigenvalue weighted by atomic mass is 9.78. The van der Waals surface area contributed by atoms with E-state index in [1.807, 2.05) is 6.92 Å². The maximum atomic E-state index is 13.4. The van der Waals surface area contributed by atoms with Crippen LogP contribution in [0.3, 0.4) is 0 Å². The van der Waals surface area contributed by atoms with E-state index < -0.39 is 35.6 Å². The monoisotopic (exact) mass is 415 g/mol. The summed E-state index contributed by atoms with van der Waals surface area (Å²) in [6, 6.07) is 3.10. The highest BCUT2D eigenvalue weighted by atomic mass is 16.5. The van der Waals surface area contributed by atoms with Crippen molar-refractivity contribution in [3.8, 4) is 0 Å². The van der Waals surface area contributed by atoms with Crippen LogP contribution in [0.25, 0.3) is 0 Å². The first-order valence-corrected chi connectivity index (χ1v) is 10.8. The number of Topliss-reactive ketones (excluding diaryl/α,β-unsaturated/α-hetero) is 2. The minimum absolute atomic E-state index is 0.232. The Balaban J connectivity index is 2.04. The van der Waals surface area contributed by atoms with Gasteiger partial charge in [-0.1, -0.05) is 45.1 Å². The molecule has 2 aliphatic rings. The highest BCUT2D eigenvalue weighted by Crippen LogP contribution is 2.41. The van der Waals surface area contributed by atoms with E-state index in [9.17, 15) is 24.4 Å². The quantitative estimate of drug-likeness (QED) is 0.291. The Kier molecular flexibility index (Phi) is 7.31. The van der Waals surface area contributed by atoms with Crippen LogP contribution in [0.5, 0.6) is 0 Å². The van der Waals surface area contributed by atoms with E-state index in [1.165, 1.54) is 11.1 Å². The smallest absolute Gasteiger partial charge is 0.292 e. The molecule has 1 saturated carbocycles. The Hall–Kier alpha value is -2.61. The molecule has 2 fully saturated rings. The van der Waals surface area contributed by atoms with Crippen molar-refractivity contribution in [3.63, 3.8) is 0 Å². The topological polar surface area (TPSA) is 117 Å². The third-order valence-electron chi connectivity index (χ3n) is 6.23. The molecule has 3 unspecified atom stereocenters. The van der Waals surface area contributed by atoms with Crippen LogP contribution in [-0.2, 0) is 19.2 Å². The minimum atomic E-state index is -1.17. The average Bonchev–Trinajstić information content (AvgIpc) is 3.05. The van der Waals surface area contributed by atoms with E-state index in [4.69, 9.17) is 0 Å². The summed E-state index contributed by atoms with van der Waals surface area (Å²) in [6.07, 6.45) is 7.53. The predicted octanol–water partition coefficient (Wildman–Crippen LogP) is 2.36. The molecule has 2 heterocycles. The summed E-state index contributed by atoms with van der Waals surface area (Å²) in [6.45, 7) is 1.94. The standard InChI is InChI=1S/C22H29N3O5/c1-2-3-12-16(21(28)24-30)25-18(15-11-7-8-13-23-15)17(20(27)22(25)29)19(26)14-9-5-4-6-10-14/h7-8,11,13-14,16-18,30H,2-6,9-10,12H2,1H3,(H,24,28). The van der Waals surface area contributed by atoms with Gasteiger partial charge in [0.05, 0.1) is 11.7 Å². The Labute approximate surface area is 176 Å². The second-order valence-electron chi connectivity index (χ2n) is 8.13. The van der Waals surface area contributed by atoms with Crippen LogP contribution in [0.2, 0.25) is 0 Å². The third kappa shape index (κ3) is 4.28. The molecule has 1 aromatic rings. The number of nitrogens with one attached hydrogen (secondary N) is 1. The molecule has 8 nitrogen and oxygen atoms in total. The van der Waals surface area contributed by atoms with Gasteiger partial charge in [0.1, 0.15) is 17.7 Å². The van der Waals surface area contributed by atoms with Gasteiger partial charge < -0.3 is 4.90 Å².